The van der Waals surface area contributed by atoms with Gasteiger partial charge in [0, 0.05) is 13.0 Å². The highest BCUT2D eigenvalue weighted by atomic mass is 16.1. The van der Waals surface area contributed by atoms with Gasteiger partial charge >= 0.3 is 0 Å². The number of aryl methyl sites for hydroxylation is 2. The fourth-order valence-corrected chi connectivity index (χ4v) is 2.17. The molecule has 1 N–H and O–H groups in total. The molecule has 0 aliphatic carbocycles. The highest BCUT2D eigenvalue weighted by Gasteiger charge is 2.03. The topological polar surface area (TPSA) is 52.9 Å². The normalized spacial score (nSPS) is 9.90. The van der Waals surface area contributed by atoms with Crippen molar-refractivity contribution in [3.8, 4) is 6.07 Å². The predicted octanol–water partition coefficient (Wildman–Crippen LogP) is 3.12. The number of nitriles is 1. The van der Waals surface area contributed by atoms with Crippen LogP contribution in [-0.2, 0) is 17.8 Å². The summed E-state index contributed by atoms with van der Waals surface area (Å²) in [7, 11) is 0. The van der Waals surface area contributed by atoms with E-state index in [4.69, 9.17) is 5.26 Å². The Morgan fingerprint density at radius 1 is 1.14 bits per heavy atom. The fourth-order valence-electron chi connectivity index (χ4n) is 2.17. The van der Waals surface area contributed by atoms with E-state index in [1.54, 1.807) is 12.1 Å². The van der Waals surface area contributed by atoms with E-state index in [1.807, 2.05) is 37.3 Å². The second-order valence-electron chi connectivity index (χ2n) is 5.08. The molecule has 0 fully saturated rings. The second kappa shape index (κ2) is 7.25. The van der Waals surface area contributed by atoms with E-state index in [9.17, 15) is 4.79 Å². The minimum Gasteiger partial charge on any atom is -0.352 e. The molecule has 0 aliphatic heterocycles. The van der Waals surface area contributed by atoms with Crippen LogP contribution >= 0.6 is 0 Å². The maximum atomic E-state index is 11.9. The van der Waals surface area contributed by atoms with Gasteiger partial charge < -0.3 is 5.32 Å². The lowest BCUT2D eigenvalue weighted by atomic mass is 10.1. The molecule has 2 rings (SSSR count). The molecule has 0 saturated carbocycles. The van der Waals surface area contributed by atoms with Crippen molar-refractivity contribution < 1.29 is 4.79 Å². The molecular formula is C18H18N2O. The lowest BCUT2D eigenvalue weighted by molar-refractivity contribution is -0.121. The van der Waals surface area contributed by atoms with Crippen LogP contribution in [0, 0.1) is 18.3 Å². The molecule has 21 heavy (non-hydrogen) atoms. The zero-order chi connectivity index (χ0) is 15.1. The smallest absolute Gasteiger partial charge is 0.220 e. The van der Waals surface area contributed by atoms with E-state index in [0.717, 1.165) is 12.0 Å². The molecule has 0 radical (unpaired) electrons. The van der Waals surface area contributed by atoms with Crippen LogP contribution in [0.5, 0.6) is 0 Å². The zero-order valence-corrected chi connectivity index (χ0v) is 12.1. The van der Waals surface area contributed by atoms with Crippen molar-refractivity contribution in [2.24, 2.45) is 0 Å². The Labute approximate surface area is 125 Å². The molecular weight excluding hydrogens is 260 g/mol. The summed E-state index contributed by atoms with van der Waals surface area (Å²) in [5.41, 5.74) is 3.94. The Morgan fingerprint density at radius 2 is 1.90 bits per heavy atom. The summed E-state index contributed by atoms with van der Waals surface area (Å²) in [4.78, 5) is 11.9. The highest BCUT2D eigenvalue weighted by molar-refractivity contribution is 5.76. The van der Waals surface area contributed by atoms with Gasteiger partial charge in [-0.2, -0.15) is 5.26 Å². The first-order valence-electron chi connectivity index (χ1n) is 6.98. The first-order chi connectivity index (χ1) is 10.2. The van der Waals surface area contributed by atoms with Crippen molar-refractivity contribution in [1.82, 2.24) is 5.32 Å². The largest absolute Gasteiger partial charge is 0.352 e. The molecule has 0 atom stereocenters. The van der Waals surface area contributed by atoms with Crippen LogP contribution in [0.25, 0.3) is 0 Å². The van der Waals surface area contributed by atoms with Crippen molar-refractivity contribution in [3.63, 3.8) is 0 Å². The number of nitrogens with one attached hydrogen (secondary N) is 1. The molecule has 0 bridgehead atoms. The van der Waals surface area contributed by atoms with Gasteiger partial charge in [0.2, 0.25) is 5.91 Å². The van der Waals surface area contributed by atoms with Gasteiger partial charge in [-0.3, -0.25) is 4.79 Å². The SMILES string of the molecule is Cc1cccc(CCC(=O)NCc2cccc(C#N)c2)c1. The Bertz CT molecular complexity index is 671. The van der Waals surface area contributed by atoms with Gasteiger partial charge in [0.1, 0.15) is 0 Å². The number of hydrogen-bond acceptors (Lipinski definition) is 2. The lowest BCUT2D eigenvalue weighted by Crippen LogP contribution is -2.23. The zero-order valence-electron chi connectivity index (χ0n) is 12.1. The monoisotopic (exact) mass is 278 g/mol. The standard InChI is InChI=1S/C18H18N2O/c1-14-4-2-5-15(10-14)8-9-18(21)20-13-17-7-3-6-16(11-17)12-19/h2-7,10-11H,8-9,13H2,1H3,(H,20,21). The van der Waals surface area contributed by atoms with E-state index in [2.05, 4.69) is 17.5 Å². The summed E-state index contributed by atoms with van der Waals surface area (Å²) < 4.78 is 0. The molecule has 0 aromatic heterocycles. The van der Waals surface area contributed by atoms with Crippen molar-refractivity contribution in [3.05, 3.63) is 70.8 Å². The molecule has 1 amide bonds. The van der Waals surface area contributed by atoms with Gasteiger partial charge in [-0.1, -0.05) is 42.0 Å². The molecule has 0 aliphatic rings. The lowest BCUT2D eigenvalue weighted by Gasteiger charge is -2.06. The number of benzene rings is 2. The Kier molecular flexibility index (Phi) is 5.11. The second-order valence-corrected chi connectivity index (χ2v) is 5.08. The van der Waals surface area contributed by atoms with Crippen molar-refractivity contribution in [1.29, 1.82) is 5.26 Å². The third-order valence-corrected chi connectivity index (χ3v) is 3.27. The van der Waals surface area contributed by atoms with E-state index >= 15 is 0 Å². The number of hydrogen-bond donors (Lipinski definition) is 1. The molecule has 3 nitrogen and oxygen atoms in total. The van der Waals surface area contributed by atoms with Crippen LogP contribution in [0.15, 0.2) is 48.5 Å². The molecule has 2 aromatic carbocycles. The van der Waals surface area contributed by atoms with E-state index in [-0.39, 0.29) is 5.91 Å². The first-order valence-corrected chi connectivity index (χ1v) is 6.98. The van der Waals surface area contributed by atoms with Crippen LogP contribution in [0.3, 0.4) is 0 Å². The average Bonchev–Trinajstić information content (AvgIpc) is 2.51. The minimum absolute atomic E-state index is 0.0267. The summed E-state index contributed by atoms with van der Waals surface area (Å²) in [6, 6.07) is 17.6. The average molecular weight is 278 g/mol. The Hall–Kier alpha value is -2.60. The molecule has 2 aromatic rings. The third kappa shape index (κ3) is 4.77. The summed E-state index contributed by atoms with van der Waals surface area (Å²) in [5.74, 6) is 0.0267. The van der Waals surface area contributed by atoms with Gasteiger partial charge in [0.05, 0.1) is 11.6 Å². The summed E-state index contributed by atoms with van der Waals surface area (Å²) in [5, 5.41) is 11.7. The summed E-state index contributed by atoms with van der Waals surface area (Å²) in [6.07, 6.45) is 1.22. The number of carbonyl (C=O) groups excluding carboxylic acids is 1. The third-order valence-electron chi connectivity index (χ3n) is 3.27. The van der Waals surface area contributed by atoms with Crippen molar-refractivity contribution in [2.45, 2.75) is 26.3 Å². The van der Waals surface area contributed by atoms with Gasteiger partial charge in [-0.15, -0.1) is 0 Å². The van der Waals surface area contributed by atoms with Gasteiger partial charge in [0.25, 0.3) is 0 Å². The van der Waals surface area contributed by atoms with Crippen LogP contribution < -0.4 is 5.32 Å². The minimum atomic E-state index is 0.0267. The van der Waals surface area contributed by atoms with E-state index in [1.165, 1.54) is 11.1 Å². The van der Waals surface area contributed by atoms with Gasteiger partial charge in [-0.05, 0) is 36.6 Å². The molecule has 0 spiro atoms. The summed E-state index contributed by atoms with van der Waals surface area (Å²) in [6.45, 7) is 2.51. The summed E-state index contributed by atoms with van der Waals surface area (Å²) >= 11 is 0. The van der Waals surface area contributed by atoms with Crippen LogP contribution in [0.2, 0.25) is 0 Å². The Morgan fingerprint density at radius 3 is 2.67 bits per heavy atom. The molecule has 3 heteroatoms. The number of carbonyl (C=O) groups is 1. The van der Waals surface area contributed by atoms with E-state index < -0.39 is 0 Å². The number of rotatable bonds is 5. The van der Waals surface area contributed by atoms with Crippen LogP contribution in [0.4, 0.5) is 0 Å². The maximum absolute atomic E-state index is 11.9. The number of nitrogens with zero attached hydrogens (tertiary/aromatic N) is 1. The molecule has 0 heterocycles. The highest BCUT2D eigenvalue weighted by Crippen LogP contribution is 2.07. The van der Waals surface area contributed by atoms with Gasteiger partial charge in [-0.25, -0.2) is 0 Å². The molecule has 0 saturated heterocycles. The Balaban J connectivity index is 1.81. The van der Waals surface area contributed by atoms with Crippen molar-refractivity contribution in [2.75, 3.05) is 0 Å². The predicted molar refractivity (Wildman–Crippen MR) is 82.5 cm³/mol. The van der Waals surface area contributed by atoms with Crippen LogP contribution in [0.1, 0.15) is 28.7 Å². The quantitative estimate of drug-likeness (QED) is 0.913. The van der Waals surface area contributed by atoms with Crippen molar-refractivity contribution >= 4 is 5.91 Å². The van der Waals surface area contributed by atoms with E-state index in [0.29, 0.717) is 18.5 Å². The fraction of sp³-hybridized carbons (Fsp3) is 0.222. The molecule has 0 unspecified atom stereocenters. The number of amides is 1. The first kappa shape index (κ1) is 14.8. The molecule has 106 valence electrons. The van der Waals surface area contributed by atoms with Crippen LogP contribution in [-0.4, -0.2) is 5.91 Å². The maximum Gasteiger partial charge on any atom is 0.220 e. The van der Waals surface area contributed by atoms with Gasteiger partial charge in [0.15, 0.2) is 0 Å².